The van der Waals surface area contributed by atoms with Crippen LogP contribution in [0.2, 0.25) is 0 Å². The van der Waals surface area contributed by atoms with Gasteiger partial charge in [-0.15, -0.1) is 21.5 Å². The first-order valence-electron chi connectivity index (χ1n) is 9.73. The second-order valence-electron chi connectivity index (χ2n) is 7.11. The number of thiophene rings is 1. The lowest BCUT2D eigenvalue weighted by atomic mass is 10.1. The summed E-state index contributed by atoms with van der Waals surface area (Å²) in [5.41, 5.74) is 0.886. The molecule has 0 bridgehead atoms. The summed E-state index contributed by atoms with van der Waals surface area (Å²) >= 11 is 1.81. The van der Waals surface area contributed by atoms with Gasteiger partial charge in [-0.05, 0) is 42.8 Å². The number of hydrogen-bond donors (Lipinski definition) is 0. The van der Waals surface area contributed by atoms with E-state index in [0.29, 0.717) is 24.4 Å². The molecule has 1 aromatic carbocycles. The van der Waals surface area contributed by atoms with E-state index in [1.165, 1.54) is 4.88 Å². The number of benzene rings is 1. The quantitative estimate of drug-likeness (QED) is 0.560. The monoisotopic (exact) mass is 414 g/mol. The average molecular weight is 415 g/mol. The number of likely N-dealkylation sites (N-methyl/N-ethyl adjacent to an activating group) is 1. The summed E-state index contributed by atoms with van der Waals surface area (Å²) in [5.74, 6) is 1.94. The summed E-state index contributed by atoms with van der Waals surface area (Å²) in [4.78, 5) is 6.12. The van der Waals surface area contributed by atoms with Gasteiger partial charge in [0.2, 0.25) is 11.8 Å². The molecule has 0 saturated carbocycles. The number of aromatic nitrogens is 2. The molecule has 4 rings (SSSR count). The lowest BCUT2D eigenvalue weighted by molar-refractivity contribution is 0.00919. The highest BCUT2D eigenvalue weighted by atomic mass is 32.1. The fraction of sp³-hybridized carbons (Fsp3) is 0.429. The zero-order valence-electron chi connectivity index (χ0n) is 16.8. The molecule has 1 atom stereocenters. The van der Waals surface area contributed by atoms with Gasteiger partial charge in [-0.3, -0.25) is 9.80 Å². The molecule has 1 aliphatic rings. The Kier molecular flexibility index (Phi) is 6.56. The van der Waals surface area contributed by atoms with E-state index in [4.69, 9.17) is 13.9 Å². The largest absolute Gasteiger partial charge is 0.497 e. The van der Waals surface area contributed by atoms with Gasteiger partial charge < -0.3 is 13.9 Å². The van der Waals surface area contributed by atoms with Gasteiger partial charge in [0, 0.05) is 30.1 Å². The van der Waals surface area contributed by atoms with Crippen molar-refractivity contribution in [2.45, 2.75) is 12.6 Å². The summed E-state index contributed by atoms with van der Waals surface area (Å²) in [6, 6.07) is 12.3. The zero-order chi connectivity index (χ0) is 20.1. The van der Waals surface area contributed by atoms with E-state index in [9.17, 15) is 0 Å². The molecule has 0 amide bonds. The van der Waals surface area contributed by atoms with Crippen molar-refractivity contribution in [2.24, 2.45) is 0 Å². The van der Waals surface area contributed by atoms with E-state index in [1.807, 2.05) is 24.3 Å². The first-order valence-corrected chi connectivity index (χ1v) is 10.6. The molecular weight excluding hydrogens is 388 g/mol. The topological polar surface area (TPSA) is 63.9 Å². The normalized spacial score (nSPS) is 16.2. The Bertz CT molecular complexity index is 876. The molecule has 0 aliphatic carbocycles. The maximum absolute atomic E-state index is 5.90. The van der Waals surface area contributed by atoms with Crippen LogP contribution in [0.25, 0.3) is 11.5 Å². The highest BCUT2D eigenvalue weighted by Gasteiger charge is 2.25. The maximum atomic E-state index is 5.90. The highest BCUT2D eigenvalue weighted by molar-refractivity contribution is 7.10. The Morgan fingerprint density at radius 3 is 2.66 bits per heavy atom. The molecule has 0 N–H and O–H groups in total. The average Bonchev–Trinajstić information content (AvgIpc) is 3.45. The van der Waals surface area contributed by atoms with Crippen molar-refractivity contribution in [1.82, 2.24) is 20.0 Å². The van der Waals surface area contributed by atoms with E-state index >= 15 is 0 Å². The van der Waals surface area contributed by atoms with Crippen LogP contribution in [0.1, 0.15) is 16.8 Å². The third kappa shape index (κ3) is 5.02. The van der Waals surface area contributed by atoms with Gasteiger partial charge >= 0.3 is 0 Å². The van der Waals surface area contributed by atoms with Gasteiger partial charge in [0.25, 0.3) is 0 Å². The Hall–Kier alpha value is -2.26. The van der Waals surface area contributed by atoms with Crippen LogP contribution in [0.3, 0.4) is 0 Å². The van der Waals surface area contributed by atoms with Crippen molar-refractivity contribution < 1.29 is 13.9 Å². The second kappa shape index (κ2) is 9.49. The predicted molar refractivity (Wildman–Crippen MR) is 112 cm³/mol. The lowest BCUT2D eigenvalue weighted by Gasteiger charge is -2.35. The standard InChI is InChI=1S/C21H26N4O3S/c1-24(14-18(19-4-3-13-29-19)25-9-11-27-12-10-25)15-20-22-23-21(28-20)16-5-7-17(26-2)8-6-16/h3-8,13,18H,9-12,14-15H2,1-2H3. The molecule has 0 radical (unpaired) electrons. The van der Waals surface area contributed by atoms with Crippen molar-refractivity contribution >= 4 is 11.3 Å². The summed E-state index contributed by atoms with van der Waals surface area (Å²) in [6.45, 7) is 4.99. The van der Waals surface area contributed by atoms with Gasteiger partial charge in [-0.25, -0.2) is 0 Å². The van der Waals surface area contributed by atoms with Gasteiger partial charge in [-0.2, -0.15) is 0 Å². The molecule has 8 heteroatoms. The van der Waals surface area contributed by atoms with Crippen molar-refractivity contribution in [1.29, 1.82) is 0 Å². The van der Waals surface area contributed by atoms with Crippen LogP contribution in [-0.4, -0.2) is 67.0 Å². The fourth-order valence-electron chi connectivity index (χ4n) is 3.51. The van der Waals surface area contributed by atoms with Crippen molar-refractivity contribution in [3.8, 4) is 17.2 Å². The summed E-state index contributed by atoms with van der Waals surface area (Å²) in [7, 11) is 3.74. The Morgan fingerprint density at radius 2 is 1.97 bits per heavy atom. The second-order valence-corrected chi connectivity index (χ2v) is 8.09. The number of morpholine rings is 1. The molecule has 3 heterocycles. The van der Waals surface area contributed by atoms with Crippen LogP contribution in [-0.2, 0) is 11.3 Å². The van der Waals surface area contributed by atoms with Crippen LogP contribution in [0.5, 0.6) is 5.75 Å². The minimum absolute atomic E-state index is 0.341. The van der Waals surface area contributed by atoms with Crippen molar-refractivity contribution in [3.63, 3.8) is 0 Å². The minimum atomic E-state index is 0.341. The Morgan fingerprint density at radius 1 is 1.17 bits per heavy atom. The molecule has 0 spiro atoms. The summed E-state index contributed by atoms with van der Waals surface area (Å²) in [6.07, 6.45) is 0. The fourth-order valence-corrected chi connectivity index (χ4v) is 4.37. The Labute approximate surface area is 174 Å². The van der Waals surface area contributed by atoms with Crippen LogP contribution >= 0.6 is 11.3 Å². The molecule has 7 nitrogen and oxygen atoms in total. The molecule has 29 heavy (non-hydrogen) atoms. The smallest absolute Gasteiger partial charge is 0.247 e. The van der Waals surface area contributed by atoms with Crippen LogP contribution in [0, 0.1) is 0 Å². The number of rotatable bonds is 8. The molecule has 2 aromatic heterocycles. The van der Waals surface area contributed by atoms with Crippen molar-refractivity contribution in [3.05, 3.63) is 52.5 Å². The minimum Gasteiger partial charge on any atom is -0.497 e. The van der Waals surface area contributed by atoms with E-state index in [2.05, 4.69) is 44.6 Å². The molecule has 1 fully saturated rings. The van der Waals surface area contributed by atoms with E-state index in [0.717, 1.165) is 44.2 Å². The third-order valence-electron chi connectivity index (χ3n) is 5.05. The van der Waals surface area contributed by atoms with Gasteiger partial charge in [0.15, 0.2) is 0 Å². The molecule has 1 aliphatic heterocycles. The number of nitrogens with zero attached hydrogens (tertiary/aromatic N) is 4. The zero-order valence-corrected chi connectivity index (χ0v) is 17.6. The highest BCUT2D eigenvalue weighted by Crippen LogP contribution is 2.27. The van der Waals surface area contributed by atoms with Crippen LogP contribution in [0.15, 0.2) is 46.2 Å². The number of hydrogen-bond acceptors (Lipinski definition) is 8. The van der Waals surface area contributed by atoms with Crippen LogP contribution < -0.4 is 4.74 Å². The van der Waals surface area contributed by atoms with Crippen molar-refractivity contribution in [2.75, 3.05) is 47.0 Å². The van der Waals surface area contributed by atoms with E-state index in [1.54, 1.807) is 18.4 Å². The van der Waals surface area contributed by atoms with Gasteiger partial charge in [-0.1, -0.05) is 6.07 Å². The SMILES string of the molecule is COc1ccc(-c2nnc(CN(C)CC(c3cccs3)N3CCOCC3)o2)cc1. The molecule has 1 saturated heterocycles. The first-order chi connectivity index (χ1) is 14.2. The predicted octanol–water partition coefficient (Wildman–Crippen LogP) is 3.31. The first kappa shape index (κ1) is 20.0. The molecule has 154 valence electrons. The van der Waals surface area contributed by atoms with Crippen LogP contribution in [0.4, 0.5) is 0 Å². The summed E-state index contributed by atoms with van der Waals surface area (Å²) < 4.78 is 16.6. The number of methoxy groups -OCH3 is 1. The lowest BCUT2D eigenvalue weighted by Crippen LogP contribution is -2.42. The summed E-state index contributed by atoms with van der Waals surface area (Å²) in [5, 5.41) is 10.6. The third-order valence-corrected chi connectivity index (χ3v) is 6.03. The van der Waals surface area contributed by atoms with Gasteiger partial charge in [0.05, 0.1) is 32.9 Å². The van der Waals surface area contributed by atoms with E-state index < -0.39 is 0 Å². The Balaban J connectivity index is 1.41. The molecule has 3 aromatic rings. The van der Waals surface area contributed by atoms with Gasteiger partial charge in [0.1, 0.15) is 5.75 Å². The number of ether oxygens (including phenoxy) is 2. The molecule has 1 unspecified atom stereocenters. The maximum Gasteiger partial charge on any atom is 0.247 e. The van der Waals surface area contributed by atoms with E-state index in [-0.39, 0.29) is 0 Å². The molecular formula is C21H26N4O3S.